The molecule has 4 N–H and O–H groups in total. The summed E-state index contributed by atoms with van der Waals surface area (Å²) in [6, 6.07) is 9.11. The molecule has 0 saturated heterocycles. The van der Waals surface area contributed by atoms with Crippen molar-refractivity contribution in [1.29, 1.82) is 0 Å². The normalized spacial score (nSPS) is 15.3. The number of aliphatic hydroxyl groups is 1. The van der Waals surface area contributed by atoms with Crippen molar-refractivity contribution >= 4 is 11.6 Å². The number of nitrogens with one attached hydrogen (secondary N) is 1. The Bertz CT molecular complexity index is 1090. The van der Waals surface area contributed by atoms with Gasteiger partial charge >= 0.3 is 6.18 Å². The van der Waals surface area contributed by atoms with Gasteiger partial charge in [-0.1, -0.05) is 18.2 Å². The zero-order chi connectivity index (χ0) is 27.2. The Hall–Kier alpha value is -2.98. The average Bonchev–Trinajstić information content (AvgIpc) is 3.21. The number of anilines is 1. The Labute approximate surface area is 205 Å². The van der Waals surface area contributed by atoms with E-state index in [9.17, 15) is 18.0 Å². The summed E-state index contributed by atoms with van der Waals surface area (Å²) in [5.41, 5.74) is 8.65. The quantitative estimate of drug-likeness (QED) is 0.394. The molecule has 2 aromatic carbocycles. The first-order valence-corrected chi connectivity index (χ1v) is 11.4. The highest BCUT2D eigenvalue weighted by Crippen LogP contribution is 2.33. The number of benzene rings is 2. The molecule has 0 aromatic heterocycles. The molecule has 192 valence electrons. The molecule has 1 aliphatic rings. The Morgan fingerprint density at radius 2 is 2.00 bits per heavy atom. The summed E-state index contributed by atoms with van der Waals surface area (Å²) in [7, 11) is 0. The third-order valence-electron chi connectivity index (χ3n) is 5.50. The predicted octanol–water partition coefficient (Wildman–Crippen LogP) is 3.07. The van der Waals surface area contributed by atoms with Crippen LogP contribution in [0.25, 0.3) is 0 Å². The molecule has 0 fully saturated rings. The molecule has 10 heteroatoms. The minimum absolute atomic E-state index is 0.000512. The second-order valence-corrected chi connectivity index (χ2v) is 8.40. The van der Waals surface area contributed by atoms with Gasteiger partial charge in [-0.05, 0) is 55.5 Å². The molecule has 0 spiro atoms. The van der Waals surface area contributed by atoms with E-state index < -0.39 is 31.8 Å². The third-order valence-corrected chi connectivity index (χ3v) is 5.50. The number of amides is 1. The van der Waals surface area contributed by atoms with Crippen LogP contribution >= 0.6 is 0 Å². The van der Waals surface area contributed by atoms with E-state index in [0.717, 1.165) is 29.8 Å². The van der Waals surface area contributed by atoms with Crippen LogP contribution in [0.1, 0.15) is 37.6 Å². The molecular weight excluding hydrogens is 463 g/mol. The fourth-order valence-corrected chi connectivity index (χ4v) is 4.07. The van der Waals surface area contributed by atoms with Crippen LogP contribution in [0, 0.1) is 0 Å². The molecule has 0 bridgehead atoms. The zero-order valence-electron chi connectivity index (χ0n) is 21.5. The summed E-state index contributed by atoms with van der Waals surface area (Å²) in [4.78, 5) is 14.2. The van der Waals surface area contributed by atoms with Gasteiger partial charge in [-0.2, -0.15) is 13.2 Å². The third kappa shape index (κ3) is 7.76. The molecule has 0 saturated carbocycles. The van der Waals surface area contributed by atoms with Gasteiger partial charge in [0.25, 0.3) is 5.91 Å². The summed E-state index contributed by atoms with van der Waals surface area (Å²) in [6.45, 7) is -0.795. The van der Waals surface area contributed by atoms with E-state index in [0.29, 0.717) is 24.9 Å². The van der Waals surface area contributed by atoms with E-state index in [1.807, 2.05) is 11.0 Å². The Morgan fingerprint density at radius 3 is 2.66 bits per heavy atom. The first-order valence-electron chi connectivity index (χ1n) is 12.4. The smallest absolute Gasteiger partial charge is 0.422 e. The van der Waals surface area contributed by atoms with Gasteiger partial charge < -0.3 is 30.5 Å². The highest BCUT2D eigenvalue weighted by molar-refractivity contribution is 6.00. The standard InChI is InChI=1S/C25H32F3N3O4/c1-17(30-8-12-34-21-5-2-3-6-22(21)35-16-25(26,27)28)13-18-14-19-7-10-31(9-4-11-32)23(19)20(15-18)24(29)33/h2-3,5-6,14-15,17,30,32H,4,7-13,16H2,1H3,(H2,29,33)/t17-/m1/s1/i8D2. The van der Waals surface area contributed by atoms with Crippen molar-refractivity contribution in [2.24, 2.45) is 5.73 Å². The number of hydrogen-bond acceptors (Lipinski definition) is 6. The van der Waals surface area contributed by atoms with Crippen LogP contribution in [-0.4, -0.2) is 62.6 Å². The monoisotopic (exact) mass is 497 g/mol. The second-order valence-electron chi connectivity index (χ2n) is 8.40. The van der Waals surface area contributed by atoms with E-state index in [1.54, 1.807) is 19.1 Å². The van der Waals surface area contributed by atoms with Gasteiger partial charge in [-0.25, -0.2) is 0 Å². The van der Waals surface area contributed by atoms with Gasteiger partial charge in [-0.15, -0.1) is 0 Å². The predicted molar refractivity (Wildman–Crippen MR) is 127 cm³/mol. The fraction of sp³-hybridized carbons (Fsp3) is 0.480. The number of carbonyl (C=O) groups is 1. The topological polar surface area (TPSA) is 97.1 Å². The minimum Gasteiger partial charge on any atom is -0.488 e. The van der Waals surface area contributed by atoms with E-state index >= 15 is 0 Å². The molecule has 35 heavy (non-hydrogen) atoms. The number of primary amides is 1. The van der Waals surface area contributed by atoms with Gasteiger partial charge in [0.1, 0.15) is 6.61 Å². The molecular formula is C25H32F3N3O4. The molecule has 3 rings (SSSR count). The summed E-state index contributed by atoms with van der Waals surface area (Å²) < 4.78 is 64.3. The van der Waals surface area contributed by atoms with Crippen molar-refractivity contribution in [3.05, 3.63) is 53.1 Å². The molecule has 0 radical (unpaired) electrons. The largest absolute Gasteiger partial charge is 0.488 e. The average molecular weight is 498 g/mol. The van der Waals surface area contributed by atoms with E-state index in [4.69, 9.17) is 23.1 Å². The number of rotatable bonds is 13. The lowest BCUT2D eigenvalue weighted by atomic mass is 9.98. The number of ether oxygens (including phenoxy) is 2. The number of hydrogen-bond donors (Lipinski definition) is 3. The lowest BCUT2D eigenvalue weighted by Gasteiger charge is -2.22. The number of aliphatic hydroxyl groups excluding tert-OH is 1. The number of alkyl halides is 3. The van der Waals surface area contributed by atoms with Crippen LogP contribution in [0.4, 0.5) is 18.9 Å². The van der Waals surface area contributed by atoms with Gasteiger partial charge in [-0.3, -0.25) is 4.79 Å². The summed E-state index contributed by atoms with van der Waals surface area (Å²) in [5, 5.41) is 12.0. The van der Waals surface area contributed by atoms with Gasteiger partial charge in [0, 0.05) is 35.0 Å². The van der Waals surface area contributed by atoms with Crippen molar-refractivity contribution in [3.8, 4) is 11.5 Å². The van der Waals surface area contributed by atoms with E-state index in [-0.39, 0.29) is 24.1 Å². The zero-order valence-corrected chi connectivity index (χ0v) is 19.5. The molecule has 1 heterocycles. The molecule has 2 aromatic rings. The van der Waals surface area contributed by atoms with Crippen molar-refractivity contribution in [3.63, 3.8) is 0 Å². The van der Waals surface area contributed by atoms with Crippen molar-refractivity contribution in [2.45, 2.75) is 38.4 Å². The lowest BCUT2D eigenvalue weighted by Crippen LogP contribution is -2.32. The number of para-hydroxylation sites is 2. The molecule has 1 amide bonds. The Kier molecular flexibility index (Phi) is 8.23. The Balaban J connectivity index is 1.63. The van der Waals surface area contributed by atoms with Crippen LogP contribution in [0.15, 0.2) is 36.4 Å². The van der Waals surface area contributed by atoms with Crippen molar-refractivity contribution < 1.29 is 35.3 Å². The molecule has 1 aliphatic heterocycles. The highest BCUT2D eigenvalue weighted by atomic mass is 19.4. The maximum Gasteiger partial charge on any atom is 0.422 e. The van der Waals surface area contributed by atoms with Gasteiger partial charge in [0.2, 0.25) is 0 Å². The maximum absolute atomic E-state index is 12.5. The van der Waals surface area contributed by atoms with E-state index in [2.05, 4.69) is 5.32 Å². The summed E-state index contributed by atoms with van der Waals surface area (Å²) in [5.74, 6) is -0.681. The van der Waals surface area contributed by atoms with Crippen LogP contribution < -0.4 is 25.4 Å². The molecule has 7 nitrogen and oxygen atoms in total. The van der Waals surface area contributed by atoms with Crippen LogP contribution in [-0.2, 0) is 12.8 Å². The van der Waals surface area contributed by atoms with Crippen molar-refractivity contribution in [2.75, 3.05) is 44.3 Å². The molecule has 0 unspecified atom stereocenters. The highest BCUT2D eigenvalue weighted by Gasteiger charge is 2.29. The number of nitrogens with zero attached hydrogens (tertiary/aromatic N) is 1. The molecule has 1 atom stereocenters. The second kappa shape index (κ2) is 12.1. The minimum atomic E-state index is -4.51. The van der Waals surface area contributed by atoms with Crippen LogP contribution in [0.3, 0.4) is 0 Å². The first kappa shape index (κ1) is 23.7. The number of carbonyl (C=O) groups excluding carboxylic acids is 1. The Morgan fingerprint density at radius 1 is 1.29 bits per heavy atom. The van der Waals surface area contributed by atoms with Crippen molar-refractivity contribution in [1.82, 2.24) is 5.32 Å². The van der Waals surface area contributed by atoms with Crippen LogP contribution in [0.2, 0.25) is 0 Å². The van der Waals surface area contributed by atoms with Crippen LogP contribution in [0.5, 0.6) is 11.5 Å². The number of nitrogens with two attached hydrogens (primary N) is 1. The maximum atomic E-state index is 12.5. The van der Waals surface area contributed by atoms with Gasteiger partial charge in [0.15, 0.2) is 18.1 Å². The number of halogens is 3. The number of fused-ring (bicyclic) bond motifs is 1. The fourth-order valence-electron chi connectivity index (χ4n) is 4.07. The first-order chi connectivity index (χ1) is 17.4. The van der Waals surface area contributed by atoms with Gasteiger partial charge in [0.05, 0.1) is 11.3 Å². The SMILES string of the molecule is [2H]C([2H])(COc1ccccc1OCC(F)(F)F)N[C@H](C)Cc1cc2c(c(C(N)=O)c1)N(CCCO)CC2. The lowest BCUT2D eigenvalue weighted by molar-refractivity contribution is -0.153. The summed E-state index contributed by atoms with van der Waals surface area (Å²) >= 11 is 0. The summed E-state index contributed by atoms with van der Waals surface area (Å²) in [6.07, 6.45) is -2.80. The molecule has 0 aliphatic carbocycles. The van der Waals surface area contributed by atoms with E-state index in [1.165, 1.54) is 18.2 Å².